The lowest BCUT2D eigenvalue weighted by Gasteiger charge is -2.08. The first-order chi connectivity index (χ1) is 8.15. The number of carbonyl (C=O) groups is 1. The molecule has 1 aromatic carbocycles. The van der Waals surface area contributed by atoms with Gasteiger partial charge in [0.05, 0.1) is 6.10 Å². The van der Waals surface area contributed by atoms with Crippen LogP contribution in [0.15, 0.2) is 18.2 Å². The van der Waals surface area contributed by atoms with E-state index in [9.17, 15) is 4.79 Å². The van der Waals surface area contributed by atoms with Crippen molar-refractivity contribution in [3.63, 3.8) is 0 Å². The third-order valence-corrected chi connectivity index (χ3v) is 3.18. The summed E-state index contributed by atoms with van der Waals surface area (Å²) in [5.41, 5.74) is 6.77. The SMILES string of the molecule is Nc1cc(Cl)cc(C(=O)CCC2CCCO2)c1. The predicted molar refractivity (Wildman–Crippen MR) is 68.4 cm³/mol. The quantitative estimate of drug-likeness (QED) is 0.663. The minimum Gasteiger partial charge on any atom is -0.399 e. The molecule has 1 atom stereocenters. The third kappa shape index (κ3) is 3.45. The normalized spacial score (nSPS) is 19.5. The summed E-state index contributed by atoms with van der Waals surface area (Å²) in [5.74, 6) is 0.0784. The van der Waals surface area contributed by atoms with E-state index in [2.05, 4.69) is 0 Å². The Morgan fingerprint density at radius 1 is 1.47 bits per heavy atom. The van der Waals surface area contributed by atoms with Crippen LogP contribution in [0.3, 0.4) is 0 Å². The number of nitrogens with two attached hydrogens (primary N) is 1. The Bertz CT molecular complexity index is 394. The lowest BCUT2D eigenvalue weighted by Crippen LogP contribution is -2.09. The molecule has 17 heavy (non-hydrogen) atoms. The lowest BCUT2D eigenvalue weighted by molar-refractivity contribution is 0.0859. The van der Waals surface area contributed by atoms with Crippen LogP contribution >= 0.6 is 11.6 Å². The molecule has 1 aromatic rings. The summed E-state index contributed by atoms with van der Waals surface area (Å²) in [6, 6.07) is 4.97. The van der Waals surface area contributed by atoms with Crippen LogP contribution in [0.2, 0.25) is 5.02 Å². The van der Waals surface area contributed by atoms with Gasteiger partial charge in [0.15, 0.2) is 5.78 Å². The second-order valence-electron chi connectivity index (χ2n) is 4.37. The largest absolute Gasteiger partial charge is 0.399 e. The molecule has 1 fully saturated rings. The van der Waals surface area contributed by atoms with Crippen LogP contribution in [-0.4, -0.2) is 18.5 Å². The molecule has 0 aliphatic carbocycles. The maximum atomic E-state index is 11.9. The Morgan fingerprint density at radius 2 is 2.29 bits per heavy atom. The summed E-state index contributed by atoms with van der Waals surface area (Å²) in [7, 11) is 0. The van der Waals surface area contributed by atoms with E-state index in [1.807, 2.05) is 0 Å². The zero-order valence-corrected chi connectivity index (χ0v) is 10.4. The fraction of sp³-hybridized carbons (Fsp3) is 0.462. The molecule has 2 N–H and O–H groups in total. The van der Waals surface area contributed by atoms with Crippen molar-refractivity contribution in [1.82, 2.24) is 0 Å². The monoisotopic (exact) mass is 253 g/mol. The van der Waals surface area contributed by atoms with Gasteiger partial charge in [-0.05, 0) is 37.5 Å². The number of halogens is 1. The molecule has 4 heteroatoms. The standard InChI is InChI=1S/C13H16ClNO2/c14-10-6-9(7-11(15)8-10)13(16)4-3-12-2-1-5-17-12/h6-8,12H,1-5,15H2. The topological polar surface area (TPSA) is 52.3 Å². The van der Waals surface area contributed by atoms with Crippen LogP contribution in [0.1, 0.15) is 36.0 Å². The molecule has 1 aliphatic heterocycles. The van der Waals surface area contributed by atoms with E-state index in [1.54, 1.807) is 18.2 Å². The van der Waals surface area contributed by atoms with Crippen LogP contribution in [0, 0.1) is 0 Å². The minimum atomic E-state index is 0.0784. The second kappa shape index (κ2) is 5.52. The van der Waals surface area contributed by atoms with Crippen molar-refractivity contribution in [3.8, 4) is 0 Å². The van der Waals surface area contributed by atoms with E-state index in [-0.39, 0.29) is 11.9 Å². The average molecular weight is 254 g/mol. The Balaban J connectivity index is 1.94. The summed E-state index contributed by atoms with van der Waals surface area (Å²) in [6.45, 7) is 0.822. The van der Waals surface area contributed by atoms with Gasteiger partial charge in [-0.1, -0.05) is 11.6 Å². The smallest absolute Gasteiger partial charge is 0.163 e. The fourth-order valence-corrected chi connectivity index (χ4v) is 2.33. The summed E-state index contributed by atoms with van der Waals surface area (Å²) in [5, 5.41) is 0.505. The van der Waals surface area contributed by atoms with Gasteiger partial charge < -0.3 is 10.5 Å². The number of carbonyl (C=O) groups excluding carboxylic acids is 1. The number of nitrogen functional groups attached to an aromatic ring is 1. The molecule has 1 heterocycles. The van der Waals surface area contributed by atoms with Crippen molar-refractivity contribution in [3.05, 3.63) is 28.8 Å². The van der Waals surface area contributed by atoms with Crippen LogP contribution < -0.4 is 5.73 Å². The summed E-state index contributed by atoms with van der Waals surface area (Å²) < 4.78 is 5.48. The fourth-order valence-electron chi connectivity index (χ4n) is 2.08. The predicted octanol–water partition coefficient (Wildman–Crippen LogP) is 3.06. The molecule has 92 valence electrons. The van der Waals surface area contributed by atoms with Crippen molar-refractivity contribution in [1.29, 1.82) is 0 Å². The number of Topliss-reactive ketones (excluding diaryl/α,β-unsaturated/α-hetero) is 1. The van der Waals surface area contributed by atoms with E-state index in [1.165, 1.54) is 0 Å². The second-order valence-corrected chi connectivity index (χ2v) is 4.81. The maximum absolute atomic E-state index is 11.9. The van der Waals surface area contributed by atoms with Crippen molar-refractivity contribution in [2.24, 2.45) is 0 Å². The molecule has 0 amide bonds. The van der Waals surface area contributed by atoms with Gasteiger partial charge in [0, 0.05) is 29.3 Å². The summed E-state index contributed by atoms with van der Waals surface area (Å²) >= 11 is 5.86. The molecular weight excluding hydrogens is 238 g/mol. The van der Waals surface area contributed by atoms with Crippen LogP contribution in [-0.2, 0) is 4.74 Å². The Hall–Kier alpha value is -1.06. The number of hydrogen-bond donors (Lipinski definition) is 1. The van der Waals surface area contributed by atoms with Gasteiger partial charge in [-0.25, -0.2) is 0 Å². The van der Waals surface area contributed by atoms with Gasteiger partial charge in [0.25, 0.3) is 0 Å². The molecule has 0 spiro atoms. The van der Waals surface area contributed by atoms with E-state index in [0.717, 1.165) is 25.9 Å². The number of rotatable bonds is 4. The number of ketones is 1. The Kier molecular flexibility index (Phi) is 4.02. The third-order valence-electron chi connectivity index (χ3n) is 2.96. The molecule has 0 radical (unpaired) electrons. The average Bonchev–Trinajstić information content (AvgIpc) is 2.77. The molecular formula is C13H16ClNO2. The Morgan fingerprint density at radius 3 is 2.94 bits per heavy atom. The molecule has 0 aromatic heterocycles. The number of benzene rings is 1. The van der Waals surface area contributed by atoms with E-state index in [4.69, 9.17) is 22.1 Å². The molecule has 1 saturated heterocycles. The highest BCUT2D eigenvalue weighted by Gasteiger charge is 2.17. The summed E-state index contributed by atoms with van der Waals surface area (Å²) in [6.07, 6.45) is 3.68. The van der Waals surface area contributed by atoms with Gasteiger partial charge in [-0.2, -0.15) is 0 Å². The molecule has 0 bridgehead atoms. The first-order valence-corrected chi connectivity index (χ1v) is 6.24. The van der Waals surface area contributed by atoms with Crippen molar-refractivity contribution < 1.29 is 9.53 Å². The Labute approximate surface area is 106 Å². The molecule has 1 unspecified atom stereocenters. The molecule has 0 saturated carbocycles. The van der Waals surface area contributed by atoms with Crippen molar-refractivity contribution in [2.75, 3.05) is 12.3 Å². The number of ether oxygens (including phenoxy) is 1. The van der Waals surface area contributed by atoms with Gasteiger partial charge in [-0.3, -0.25) is 4.79 Å². The van der Waals surface area contributed by atoms with E-state index < -0.39 is 0 Å². The zero-order chi connectivity index (χ0) is 12.3. The highest BCUT2D eigenvalue weighted by atomic mass is 35.5. The van der Waals surface area contributed by atoms with E-state index >= 15 is 0 Å². The highest BCUT2D eigenvalue weighted by molar-refractivity contribution is 6.31. The van der Waals surface area contributed by atoms with Crippen LogP contribution in [0.4, 0.5) is 5.69 Å². The minimum absolute atomic E-state index is 0.0784. The van der Waals surface area contributed by atoms with Crippen molar-refractivity contribution >= 4 is 23.1 Å². The van der Waals surface area contributed by atoms with Crippen molar-refractivity contribution in [2.45, 2.75) is 31.8 Å². The van der Waals surface area contributed by atoms with Gasteiger partial charge in [-0.15, -0.1) is 0 Å². The first kappa shape index (κ1) is 12.4. The van der Waals surface area contributed by atoms with Crippen LogP contribution in [0.5, 0.6) is 0 Å². The molecule has 3 nitrogen and oxygen atoms in total. The van der Waals surface area contributed by atoms with Gasteiger partial charge in [0.1, 0.15) is 0 Å². The molecule has 1 aliphatic rings. The summed E-state index contributed by atoms with van der Waals surface area (Å²) in [4.78, 5) is 11.9. The van der Waals surface area contributed by atoms with Gasteiger partial charge in [0.2, 0.25) is 0 Å². The lowest BCUT2D eigenvalue weighted by atomic mass is 10.0. The van der Waals surface area contributed by atoms with Crippen LogP contribution in [0.25, 0.3) is 0 Å². The number of anilines is 1. The highest BCUT2D eigenvalue weighted by Crippen LogP contribution is 2.21. The maximum Gasteiger partial charge on any atom is 0.163 e. The zero-order valence-electron chi connectivity index (χ0n) is 9.62. The first-order valence-electron chi connectivity index (χ1n) is 5.86. The number of hydrogen-bond acceptors (Lipinski definition) is 3. The molecule has 2 rings (SSSR count). The van der Waals surface area contributed by atoms with E-state index in [0.29, 0.717) is 22.7 Å². The van der Waals surface area contributed by atoms with Gasteiger partial charge >= 0.3 is 0 Å².